The number of nitrogens with one attached hydrogen (secondary N) is 1. The van der Waals surface area contributed by atoms with Crippen molar-refractivity contribution in [3.05, 3.63) is 56.7 Å². The van der Waals surface area contributed by atoms with Crippen LogP contribution in [0.25, 0.3) is 10.2 Å². The van der Waals surface area contributed by atoms with E-state index in [0.29, 0.717) is 5.56 Å². The van der Waals surface area contributed by atoms with Crippen molar-refractivity contribution in [1.82, 2.24) is 14.9 Å². The lowest BCUT2D eigenvalue weighted by Crippen LogP contribution is -2.29. The van der Waals surface area contributed by atoms with Gasteiger partial charge in [-0.1, -0.05) is 6.07 Å². The summed E-state index contributed by atoms with van der Waals surface area (Å²) >= 11 is 1.61. The van der Waals surface area contributed by atoms with Crippen molar-refractivity contribution in [2.75, 3.05) is 7.11 Å². The van der Waals surface area contributed by atoms with Crippen LogP contribution in [0.3, 0.4) is 0 Å². The van der Waals surface area contributed by atoms with Crippen molar-refractivity contribution in [3.8, 4) is 5.75 Å². The predicted molar refractivity (Wildman–Crippen MR) is 115 cm³/mol. The molecule has 1 unspecified atom stereocenters. The highest BCUT2D eigenvalue weighted by atomic mass is 32.1. The molecule has 1 N–H and O–H groups in total. The number of amides is 1. The highest BCUT2D eigenvalue weighted by molar-refractivity contribution is 7.18. The van der Waals surface area contributed by atoms with Crippen LogP contribution in [0.4, 0.5) is 4.39 Å². The fraction of sp³-hybridized carbons (Fsp3) is 0.409. The van der Waals surface area contributed by atoms with Gasteiger partial charge in [0.25, 0.3) is 5.56 Å². The largest absolute Gasteiger partial charge is 0.494 e. The summed E-state index contributed by atoms with van der Waals surface area (Å²) in [6.45, 7) is 2.04. The minimum absolute atomic E-state index is 0.0718. The summed E-state index contributed by atoms with van der Waals surface area (Å²) in [5.74, 6) is -0.519. The van der Waals surface area contributed by atoms with Crippen molar-refractivity contribution >= 4 is 27.5 Å². The smallest absolute Gasteiger partial charge is 0.262 e. The van der Waals surface area contributed by atoms with Crippen molar-refractivity contribution in [2.24, 2.45) is 0 Å². The Morgan fingerprint density at radius 1 is 1.37 bits per heavy atom. The molecule has 0 radical (unpaired) electrons. The van der Waals surface area contributed by atoms with Gasteiger partial charge in [-0.3, -0.25) is 14.2 Å². The van der Waals surface area contributed by atoms with Crippen LogP contribution in [-0.2, 0) is 24.2 Å². The predicted octanol–water partition coefficient (Wildman–Crippen LogP) is 3.75. The Bertz CT molecular complexity index is 1150. The number of carbonyl (C=O) groups is 1. The van der Waals surface area contributed by atoms with Gasteiger partial charge in [0.2, 0.25) is 5.91 Å². The standard InChI is InChI=1S/C22H24FN3O3S/c1-13(14-7-8-17(29-2)16(23)11-14)25-19(27)9-10-26-12-24-21-20(22(26)28)15-5-3-4-6-18(15)30-21/h7-8,11-13H,3-6,9-10H2,1-2H3,(H,25,27). The number of carbonyl (C=O) groups excluding carboxylic acids is 1. The fourth-order valence-corrected chi connectivity index (χ4v) is 5.13. The van der Waals surface area contributed by atoms with Gasteiger partial charge in [0.15, 0.2) is 11.6 Å². The lowest BCUT2D eigenvalue weighted by atomic mass is 9.97. The van der Waals surface area contributed by atoms with Gasteiger partial charge < -0.3 is 10.1 Å². The maximum atomic E-state index is 13.9. The Balaban J connectivity index is 1.43. The number of rotatable bonds is 6. The van der Waals surface area contributed by atoms with Crippen LogP contribution in [0.5, 0.6) is 5.75 Å². The molecule has 2 heterocycles. The van der Waals surface area contributed by atoms with Crippen LogP contribution in [0, 0.1) is 5.82 Å². The summed E-state index contributed by atoms with van der Waals surface area (Å²) in [7, 11) is 1.41. The molecule has 6 nitrogen and oxygen atoms in total. The molecule has 0 spiro atoms. The van der Waals surface area contributed by atoms with Crippen molar-refractivity contribution < 1.29 is 13.9 Å². The van der Waals surface area contributed by atoms with Gasteiger partial charge in [-0.15, -0.1) is 11.3 Å². The number of hydrogen-bond donors (Lipinski definition) is 1. The summed E-state index contributed by atoms with van der Waals surface area (Å²) in [6.07, 6.45) is 5.86. The molecule has 8 heteroatoms. The maximum absolute atomic E-state index is 13.9. The van der Waals surface area contributed by atoms with Gasteiger partial charge in [0, 0.05) is 17.8 Å². The summed E-state index contributed by atoms with van der Waals surface area (Å²) in [4.78, 5) is 31.9. The number of nitrogens with zero attached hydrogens (tertiary/aromatic N) is 2. The number of hydrogen-bond acceptors (Lipinski definition) is 5. The second kappa shape index (κ2) is 8.55. The molecule has 0 bridgehead atoms. The summed E-state index contributed by atoms with van der Waals surface area (Å²) in [5.41, 5.74) is 1.72. The molecule has 0 aliphatic heterocycles. The zero-order valence-corrected chi connectivity index (χ0v) is 17.9. The Kier molecular flexibility index (Phi) is 5.85. The van der Waals surface area contributed by atoms with Crippen LogP contribution in [0.1, 0.15) is 48.2 Å². The van der Waals surface area contributed by atoms with E-state index in [-0.39, 0.29) is 36.2 Å². The zero-order chi connectivity index (χ0) is 21.3. The maximum Gasteiger partial charge on any atom is 0.262 e. The highest BCUT2D eigenvalue weighted by Gasteiger charge is 2.20. The summed E-state index contributed by atoms with van der Waals surface area (Å²) in [5, 5.41) is 3.57. The molecule has 0 saturated carbocycles. The molecular formula is C22H24FN3O3S. The lowest BCUT2D eigenvalue weighted by molar-refractivity contribution is -0.121. The van der Waals surface area contributed by atoms with Crippen molar-refractivity contribution in [1.29, 1.82) is 0 Å². The van der Waals surface area contributed by atoms with Crippen LogP contribution in [-0.4, -0.2) is 22.6 Å². The summed E-state index contributed by atoms with van der Waals surface area (Å²) in [6, 6.07) is 4.25. The van der Waals surface area contributed by atoms with Crippen molar-refractivity contribution in [3.63, 3.8) is 0 Å². The molecule has 30 heavy (non-hydrogen) atoms. The first-order valence-corrected chi connectivity index (χ1v) is 10.9. The third-order valence-electron chi connectivity index (χ3n) is 5.57. The van der Waals surface area contributed by atoms with E-state index in [1.807, 2.05) is 0 Å². The van der Waals surface area contributed by atoms with Crippen LogP contribution in [0.2, 0.25) is 0 Å². The van der Waals surface area contributed by atoms with E-state index < -0.39 is 5.82 Å². The van der Waals surface area contributed by atoms with Gasteiger partial charge >= 0.3 is 0 Å². The van der Waals surface area contributed by atoms with Gasteiger partial charge in [0.05, 0.1) is 24.9 Å². The number of aryl methyl sites for hydroxylation is 3. The Morgan fingerprint density at radius 3 is 2.93 bits per heavy atom. The molecule has 2 aromatic heterocycles. The third-order valence-corrected chi connectivity index (χ3v) is 6.77. The minimum atomic E-state index is -0.471. The minimum Gasteiger partial charge on any atom is -0.494 e. The molecule has 0 fully saturated rings. The van der Waals surface area contributed by atoms with E-state index in [9.17, 15) is 14.0 Å². The molecule has 1 aromatic carbocycles. The third kappa shape index (κ3) is 3.96. The molecule has 158 valence electrons. The average Bonchev–Trinajstić information content (AvgIpc) is 3.12. The number of methoxy groups -OCH3 is 1. The molecule has 1 amide bonds. The topological polar surface area (TPSA) is 73.2 Å². The van der Waals surface area contributed by atoms with E-state index in [1.165, 1.54) is 35.0 Å². The monoisotopic (exact) mass is 429 g/mol. The van der Waals surface area contributed by atoms with Gasteiger partial charge in [-0.25, -0.2) is 9.37 Å². The molecule has 1 aliphatic carbocycles. The molecule has 1 atom stereocenters. The van der Waals surface area contributed by atoms with Gasteiger partial charge in [-0.05, 0) is 55.9 Å². The van der Waals surface area contributed by atoms with E-state index >= 15 is 0 Å². The lowest BCUT2D eigenvalue weighted by Gasteiger charge is -2.15. The molecule has 1 aliphatic rings. The van der Waals surface area contributed by atoms with E-state index in [2.05, 4.69) is 10.3 Å². The zero-order valence-electron chi connectivity index (χ0n) is 17.0. The normalized spacial score (nSPS) is 14.4. The first-order valence-electron chi connectivity index (χ1n) is 10.1. The molecule has 0 saturated heterocycles. The molecule has 3 aromatic rings. The van der Waals surface area contributed by atoms with E-state index in [0.717, 1.165) is 41.5 Å². The second-order valence-corrected chi connectivity index (χ2v) is 8.65. The number of fused-ring (bicyclic) bond motifs is 3. The molecule has 4 rings (SSSR count). The number of benzene rings is 1. The van der Waals surface area contributed by atoms with Crippen LogP contribution in [0.15, 0.2) is 29.3 Å². The summed E-state index contributed by atoms with van der Waals surface area (Å²) < 4.78 is 20.3. The first-order chi connectivity index (χ1) is 14.5. The Morgan fingerprint density at radius 2 is 2.17 bits per heavy atom. The number of thiophene rings is 1. The van der Waals surface area contributed by atoms with Crippen LogP contribution < -0.4 is 15.6 Å². The SMILES string of the molecule is COc1ccc(C(C)NC(=O)CCn2cnc3sc4c(c3c2=O)CCCC4)cc1F. The number of halogens is 1. The highest BCUT2D eigenvalue weighted by Crippen LogP contribution is 2.33. The quantitative estimate of drug-likeness (QED) is 0.648. The van der Waals surface area contributed by atoms with E-state index in [1.54, 1.807) is 24.3 Å². The van der Waals surface area contributed by atoms with Gasteiger partial charge in [0.1, 0.15) is 4.83 Å². The number of aromatic nitrogens is 2. The van der Waals surface area contributed by atoms with Gasteiger partial charge in [-0.2, -0.15) is 0 Å². The first kappa shape index (κ1) is 20.5. The molecular weight excluding hydrogens is 405 g/mol. The Labute approximate surface area is 177 Å². The van der Waals surface area contributed by atoms with E-state index in [4.69, 9.17) is 4.74 Å². The second-order valence-electron chi connectivity index (χ2n) is 7.57. The fourth-order valence-electron chi connectivity index (χ4n) is 3.91. The average molecular weight is 430 g/mol. The van der Waals surface area contributed by atoms with Crippen molar-refractivity contribution in [2.45, 2.75) is 51.6 Å². The van der Waals surface area contributed by atoms with Crippen LogP contribution >= 0.6 is 11.3 Å². The number of ether oxygens (including phenoxy) is 1. The Hall–Kier alpha value is -2.74.